The number of thioether (sulfide) groups is 1. The highest BCUT2D eigenvalue weighted by Gasteiger charge is 2.22. The zero-order valence-corrected chi connectivity index (χ0v) is 14.7. The quantitative estimate of drug-likeness (QED) is 0.852. The SMILES string of the molecule is CC(CNC(=O)C1CSCN1)N(C)c1ccccc1.Cl.Cl. The standard InChI is InChI=1S/C14H21N3OS.2ClH/c1-11(17(2)12-6-4-3-5-7-12)8-15-14(18)13-9-19-10-16-13;;/h3-7,11,13,16H,8-10H2,1-2H3,(H,15,18);2*1H. The summed E-state index contributed by atoms with van der Waals surface area (Å²) in [6, 6.07) is 10.4. The number of para-hydroxylation sites is 1. The summed E-state index contributed by atoms with van der Waals surface area (Å²) in [6.45, 7) is 2.77. The highest BCUT2D eigenvalue weighted by atomic mass is 35.5. The van der Waals surface area contributed by atoms with Gasteiger partial charge in [-0.25, -0.2) is 0 Å². The molecule has 0 aliphatic carbocycles. The van der Waals surface area contributed by atoms with E-state index in [4.69, 9.17) is 0 Å². The van der Waals surface area contributed by atoms with Gasteiger partial charge in [0.05, 0.1) is 6.04 Å². The van der Waals surface area contributed by atoms with Crippen LogP contribution in [0, 0.1) is 0 Å². The van der Waals surface area contributed by atoms with Crippen molar-refractivity contribution in [3.8, 4) is 0 Å². The third-order valence-electron chi connectivity index (χ3n) is 3.43. The van der Waals surface area contributed by atoms with Crippen molar-refractivity contribution in [1.29, 1.82) is 0 Å². The fourth-order valence-corrected chi connectivity index (χ4v) is 2.93. The minimum atomic E-state index is -0.0285. The fourth-order valence-electron chi connectivity index (χ4n) is 1.99. The minimum Gasteiger partial charge on any atom is -0.370 e. The maximum atomic E-state index is 11.9. The van der Waals surface area contributed by atoms with Gasteiger partial charge in [0.15, 0.2) is 0 Å². The van der Waals surface area contributed by atoms with E-state index in [0.717, 1.165) is 11.6 Å². The van der Waals surface area contributed by atoms with Crippen molar-refractivity contribution in [2.75, 3.05) is 30.1 Å². The van der Waals surface area contributed by atoms with E-state index in [2.05, 4.69) is 41.6 Å². The number of halogens is 2. The molecule has 4 nitrogen and oxygen atoms in total. The van der Waals surface area contributed by atoms with Crippen LogP contribution in [0.1, 0.15) is 6.92 Å². The highest BCUT2D eigenvalue weighted by Crippen LogP contribution is 2.14. The third-order valence-corrected chi connectivity index (χ3v) is 4.37. The number of carbonyl (C=O) groups excluding carboxylic acids is 1. The molecule has 1 aliphatic heterocycles. The Morgan fingerprint density at radius 1 is 1.43 bits per heavy atom. The summed E-state index contributed by atoms with van der Waals surface area (Å²) in [4.78, 5) is 14.1. The summed E-state index contributed by atoms with van der Waals surface area (Å²) in [5.41, 5.74) is 1.17. The van der Waals surface area contributed by atoms with Gasteiger partial charge in [0.2, 0.25) is 5.91 Å². The van der Waals surface area contributed by atoms with Crippen LogP contribution in [0.25, 0.3) is 0 Å². The van der Waals surface area contributed by atoms with E-state index in [0.29, 0.717) is 6.54 Å². The Morgan fingerprint density at radius 3 is 2.67 bits per heavy atom. The number of rotatable bonds is 5. The van der Waals surface area contributed by atoms with Crippen molar-refractivity contribution in [2.45, 2.75) is 19.0 Å². The molecule has 21 heavy (non-hydrogen) atoms. The maximum absolute atomic E-state index is 11.9. The zero-order chi connectivity index (χ0) is 13.7. The smallest absolute Gasteiger partial charge is 0.238 e. The van der Waals surface area contributed by atoms with E-state index in [9.17, 15) is 4.79 Å². The van der Waals surface area contributed by atoms with Crippen LogP contribution in [0.4, 0.5) is 5.69 Å². The highest BCUT2D eigenvalue weighted by molar-refractivity contribution is 7.99. The molecular weight excluding hydrogens is 329 g/mol. The molecule has 1 fully saturated rings. The summed E-state index contributed by atoms with van der Waals surface area (Å²) < 4.78 is 0. The number of nitrogens with zero attached hydrogens (tertiary/aromatic N) is 1. The first kappa shape index (κ1) is 20.4. The fraction of sp³-hybridized carbons (Fsp3) is 0.500. The predicted molar refractivity (Wildman–Crippen MR) is 96.1 cm³/mol. The van der Waals surface area contributed by atoms with Crippen molar-refractivity contribution >= 4 is 48.2 Å². The van der Waals surface area contributed by atoms with Crippen molar-refractivity contribution in [2.24, 2.45) is 0 Å². The van der Waals surface area contributed by atoms with Gasteiger partial charge in [0, 0.05) is 37.0 Å². The summed E-state index contributed by atoms with van der Waals surface area (Å²) in [6.07, 6.45) is 0. The van der Waals surface area contributed by atoms with E-state index in [-0.39, 0.29) is 42.8 Å². The largest absolute Gasteiger partial charge is 0.370 e. The molecule has 1 aromatic carbocycles. The Bertz CT molecular complexity index is 416. The van der Waals surface area contributed by atoms with Crippen molar-refractivity contribution in [1.82, 2.24) is 10.6 Å². The Morgan fingerprint density at radius 2 is 2.10 bits per heavy atom. The van der Waals surface area contributed by atoms with Crippen LogP contribution >= 0.6 is 36.6 Å². The molecule has 1 amide bonds. The minimum absolute atomic E-state index is 0. The number of amides is 1. The third kappa shape index (κ3) is 5.94. The summed E-state index contributed by atoms with van der Waals surface area (Å²) in [5, 5.41) is 6.20. The Labute approximate surface area is 143 Å². The molecule has 1 aromatic rings. The van der Waals surface area contributed by atoms with E-state index in [1.54, 1.807) is 11.8 Å². The van der Waals surface area contributed by atoms with Gasteiger partial charge in [-0.3, -0.25) is 10.1 Å². The van der Waals surface area contributed by atoms with Crippen LogP contribution in [-0.2, 0) is 4.79 Å². The molecule has 0 radical (unpaired) electrons. The maximum Gasteiger partial charge on any atom is 0.238 e. The molecular formula is C14H23Cl2N3OS. The average molecular weight is 352 g/mol. The summed E-state index contributed by atoms with van der Waals surface area (Å²) >= 11 is 1.77. The number of anilines is 1. The molecule has 1 heterocycles. The van der Waals surface area contributed by atoms with Gasteiger partial charge in [-0.05, 0) is 19.1 Å². The van der Waals surface area contributed by atoms with Crippen LogP contribution in [0.5, 0.6) is 0 Å². The monoisotopic (exact) mass is 351 g/mol. The molecule has 2 rings (SSSR count). The van der Waals surface area contributed by atoms with Crippen LogP contribution in [-0.4, -0.2) is 43.2 Å². The van der Waals surface area contributed by atoms with E-state index in [1.807, 2.05) is 18.2 Å². The number of carbonyl (C=O) groups is 1. The number of likely N-dealkylation sites (N-methyl/N-ethyl adjacent to an activating group) is 1. The molecule has 0 bridgehead atoms. The van der Waals surface area contributed by atoms with Crippen LogP contribution in [0.3, 0.4) is 0 Å². The van der Waals surface area contributed by atoms with E-state index < -0.39 is 0 Å². The van der Waals surface area contributed by atoms with E-state index >= 15 is 0 Å². The second kappa shape index (κ2) is 10.2. The Kier molecular flexibility index (Phi) is 9.86. The number of benzene rings is 1. The first-order valence-electron chi connectivity index (χ1n) is 6.55. The number of hydrogen-bond donors (Lipinski definition) is 2. The molecule has 0 saturated carbocycles. The lowest BCUT2D eigenvalue weighted by atomic mass is 10.2. The normalized spacial score (nSPS) is 18.1. The van der Waals surface area contributed by atoms with Gasteiger partial charge in [0.25, 0.3) is 0 Å². The van der Waals surface area contributed by atoms with Gasteiger partial charge < -0.3 is 10.2 Å². The van der Waals surface area contributed by atoms with Gasteiger partial charge in [-0.15, -0.1) is 36.6 Å². The van der Waals surface area contributed by atoms with E-state index in [1.165, 1.54) is 5.69 Å². The van der Waals surface area contributed by atoms with Crippen molar-refractivity contribution in [3.63, 3.8) is 0 Å². The van der Waals surface area contributed by atoms with Gasteiger partial charge in [-0.1, -0.05) is 18.2 Å². The predicted octanol–water partition coefficient (Wildman–Crippen LogP) is 2.13. The molecule has 2 atom stereocenters. The van der Waals surface area contributed by atoms with Crippen LogP contribution in [0.15, 0.2) is 30.3 Å². The summed E-state index contributed by atoms with van der Waals surface area (Å²) in [7, 11) is 2.05. The lowest BCUT2D eigenvalue weighted by Gasteiger charge is -2.27. The zero-order valence-electron chi connectivity index (χ0n) is 12.2. The molecule has 0 spiro atoms. The molecule has 120 valence electrons. The van der Waals surface area contributed by atoms with Gasteiger partial charge >= 0.3 is 0 Å². The molecule has 2 unspecified atom stereocenters. The molecule has 1 saturated heterocycles. The van der Waals surface area contributed by atoms with Crippen molar-refractivity contribution < 1.29 is 4.79 Å². The number of nitrogens with one attached hydrogen (secondary N) is 2. The van der Waals surface area contributed by atoms with Crippen LogP contribution < -0.4 is 15.5 Å². The van der Waals surface area contributed by atoms with Gasteiger partial charge in [-0.2, -0.15) is 0 Å². The van der Waals surface area contributed by atoms with Crippen LogP contribution in [0.2, 0.25) is 0 Å². The molecule has 7 heteroatoms. The van der Waals surface area contributed by atoms with Crippen molar-refractivity contribution in [3.05, 3.63) is 30.3 Å². The Hall–Kier alpha value is -0.620. The summed E-state index contributed by atoms with van der Waals surface area (Å²) in [5.74, 6) is 1.85. The number of hydrogen-bond acceptors (Lipinski definition) is 4. The lowest BCUT2D eigenvalue weighted by Crippen LogP contribution is -2.47. The topological polar surface area (TPSA) is 44.4 Å². The lowest BCUT2D eigenvalue weighted by molar-refractivity contribution is -0.122. The molecule has 2 N–H and O–H groups in total. The second-order valence-corrected chi connectivity index (χ2v) is 5.84. The molecule has 0 aromatic heterocycles. The Balaban J connectivity index is 0.00000200. The first-order valence-corrected chi connectivity index (χ1v) is 7.70. The average Bonchev–Trinajstić information content (AvgIpc) is 2.98. The van der Waals surface area contributed by atoms with Gasteiger partial charge in [0.1, 0.15) is 0 Å². The first-order chi connectivity index (χ1) is 9.18. The molecule has 1 aliphatic rings. The second-order valence-electron chi connectivity index (χ2n) is 4.81.